The first kappa shape index (κ1) is 53.8. The number of nitrogens with two attached hydrogens (primary N) is 1. The number of Topliss-reactive ketones (excluding diaryl/α,β-unsaturated/α-hetero) is 2. The smallest absolute Gasteiger partial charge is 0.296 e. The minimum Gasteiger partial charge on any atom is -0.399 e. The molecule has 12 nitrogen and oxygen atoms in total. The van der Waals surface area contributed by atoms with Gasteiger partial charge < -0.3 is 30.9 Å². The number of ketones is 2. The van der Waals surface area contributed by atoms with E-state index >= 15 is 0 Å². The number of alkyl halides is 1. The average molecular weight is 1010 g/mol. The number of amides is 2. The first-order valence-electron chi connectivity index (χ1n) is 22.6. The number of anilines is 3. The van der Waals surface area contributed by atoms with E-state index in [0.717, 1.165) is 33.2 Å². The number of rotatable bonds is 9. The number of carbonyl (C=O) groups excluding carboxylic acids is 4. The molecule has 11 rings (SSSR count). The molecule has 5 aromatic heterocycles. The minimum absolute atomic E-state index is 0. The zero-order chi connectivity index (χ0) is 51.4. The van der Waals surface area contributed by atoms with Gasteiger partial charge in [0.25, 0.3) is 23.4 Å². The van der Waals surface area contributed by atoms with E-state index in [1.54, 1.807) is 79.4 Å². The summed E-state index contributed by atoms with van der Waals surface area (Å²) in [6.07, 6.45) is 11.3. The number of hydrogen-bond donors (Lipinski definition) is 5. The normalized spacial score (nSPS) is 10.1. The number of halogens is 3. The van der Waals surface area contributed by atoms with Gasteiger partial charge in [0.1, 0.15) is 11.6 Å². The van der Waals surface area contributed by atoms with Crippen molar-refractivity contribution in [3.8, 4) is 0 Å². The molecule has 5 heterocycles. The molecule has 0 fully saturated rings. The lowest BCUT2D eigenvalue weighted by atomic mass is 10.1. The summed E-state index contributed by atoms with van der Waals surface area (Å²) in [4.78, 5) is 63.2. The van der Waals surface area contributed by atoms with Crippen LogP contribution in [0.3, 0.4) is 0 Å². The highest BCUT2D eigenvalue weighted by atomic mass is 35.5. The fourth-order valence-electron chi connectivity index (χ4n) is 7.12. The molecule has 0 bridgehead atoms. The maximum Gasteiger partial charge on any atom is 0.296 e. The van der Waals surface area contributed by atoms with Crippen LogP contribution < -0.4 is 16.4 Å². The molecule has 74 heavy (non-hydrogen) atoms. The van der Waals surface area contributed by atoms with Crippen molar-refractivity contribution in [1.29, 1.82) is 0 Å². The van der Waals surface area contributed by atoms with Crippen LogP contribution in [0.25, 0.3) is 32.7 Å². The summed E-state index contributed by atoms with van der Waals surface area (Å²) in [6, 6.07) is 53.3. The van der Waals surface area contributed by atoms with Crippen LogP contribution in [0.1, 0.15) is 39.3 Å². The first-order valence-corrected chi connectivity index (χ1v) is 23.1. The van der Waals surface area contributed by atoms with Gasteiger partial charge in [-0.3, -0.25) is 29.1 Å². The summed E-state index contributed by atoms with van der Waals surface area (Å²) in [7, 11) is 0. The van der Waals surface area contributed by atoms with Crippen molar-refractivity contribution < 1.29 is 28.0 Å². The Morgan fingerprint density at radius 1 is 0.541 bits per heavy atom. The number of aromatic nitrogens is 5. The third kappa shape index (κ3) is 15.2. The summed E-state index contributed by atoms with van der Waals surface area (Å²) in [5.41, 5.74) is 12.6. The van der Waals surface area contributed by atoms with E-state index < -0.39 is 23.4 Å². The zero-order valence-electron chi connectivity index (χ0n) is 39.0. The molecule has 6 N–H and O–H groups in total. The van der Waals surface area contributed by atoms with Crippen LogP contribution in [-0.4, -0.2) is 47.9 Å². The highest BCUT2D eigenvalue weighted by Gasteiger charge is 2.22. The van der Waals surface area contributed by atoms with Gasteiger partial charge in [0.05, 0.1) is 11.1 Å². The van der Waals surface area contributed by atoms with Gasteiger partial charge in [-0.15, -0.1) is 11.6 Å². The quantitative estimate of drug-likeness (QED) is 0.0413. The number of fused-ring (bicyclic) bond motifs is 3. The highest BCUT2D eigenvalue weighted by Crippen LogP contribution is 2.24. The Morgan fingerprint density at radius 3 is 1.59 bits per heavy atom. The standard InChI is InChI=1S/C22H16FN3O2.C15H11N3O2.C8H7N.C7H6ClF.C6H7N.CH4/c23-16-7-5-15(6-8-16)13-26-14-19(18-3-1-2-4-20(18)26)21(27)22(28)25-17-9-11-24-12-10-17;19-14(15(20)18-10-5-7-16-8-6-10)12-9-17-13-4-2-1-3-11(12)13;1-2-4-8-7(3-1)5-6-9-8;8-5-6-1-3-7(9)4-2-6;7-6-4-2-1-3-5-6;/h1-12,14H,13H2,(H,24,25,28);1-9,17H,(H,16,18,20);1-6,9H;1-4H,5H2;1-5H,7H2;1H4. The number of hydrogen-bond acceptors (Lipinski definition) is 7. The Hall–Kier alpha value is -9.53. The van der Waals surface area contributed by atoms with Gasteiger partial charge in [-0.1, -0.05) is 104 Å². The monoisotopic (exact) mass is 1010 g/mol. The van der Waals surface area contributed by atoms with Crippen molar-refractivity contribution in [3.05, 3.63) is 259 Å². The molecule has 0 radical (unpaired) electrons. The van der Waals surface area contributed by atoms with E-state index in [9.17, 15) is 28.0 Å². The van der Waals surface area contributed by atoms with Crippen LogP contribution in [0, 0.1) is 11.6 Å². The Labute approximate surface area is 430 Å². The third-order valence-electron chi connectivity index (χ3n) is 10.8. The predicted molar refractivity (Wildman–Crippen MR) is 292 cm³/mol. The Balaban J connectivity index is 0.000000167. The number of carbonyl (C=O) groups is 4. The molecule has 0 saturated heterocycles. The number of nitrogens with one attached hydrogen (secondary N) is 4. The topological polar surface area (TPSA) is 181 Å². The van der Waals surface area contributed by atoms with Gasteiger partial charge in [-0.2, -0.15) is 0 Å². The molecule has 6 aromatic carbocycles. The van der Waals surface area contributed by atoms with E-state index in [2.05, 4.69) is 48.8 Å². The van der Waals surface area contributed by atoms with E-state index in [0.29, 0.717) is 40.3 Å². The molecule has 0 aliphatic carbocycles. The predicted octanol–water partition coefficient (Wildman–Crippen LogP) is 13.1. The molecular weight excluding hydrogens is 958 g/mol. The minimum atomic E-state index is -0.712. The van der Waals surface area contributed by atoms with Gasteiger partial charge in [0, 0.05) is 100 Å². The largest absolute Gasteiger partial charge is 0.399 e. The van der Waals surface area contributed by atoms with Crippen molar-refractivity contribution in [3.63, 3.8) is 0 Å². The van der Waals surface area contributed by atoms with Crippen LogP contribution in [0.4, 0.5) is 25.8 Å². The number of para-hydroxylation sites is 4. The summed E-state index contributed by atoms with van der Waals surface area (Å²) in [6.45, 7) is 0.458. The molecule has 0 unspecified atom stereocenters. The van der Waals surface area contributed by atoms with Crippen LogP contribution in [-0.2, 0) is 22.0 Å². The highest BCUT2D eigenvalue weighted by molar-refractivity contribution is 6.49. The van der Waals surface area contributed by atoms with Crippen molar-refractivity contribution in [2.45, 2.75) is 19.9 Å². The first-order chi connectivity index (χ1) is 35.6. The molecule has 0 aliphatic heterocycles. The van der Waals surface area contributed by atoms with Crippen LogP contribution in [0.5, 0.6) is 0 Å². The number of pyridine rings is 2. The SMILES string of the molecule is C.Fc1ccc(CCl)cc1.Nc1ccccc1.O=C(Nc1ccncc1)C(=O)c1c[nH]c2ccccc12.O=C(Nc1ccncc1)C(=O)c1cn(Cc2ccc(F)cc2)c2ccccc12.c1ccc2[nH]ccc2c1. The lowest BCUT2D eigenvalue weighted by Gasteiger charge is -2.05. The van der Waals surface area contributed by atoms with Gasteiger partial charge in [0.15, 0.2) is 0 Å². The van der Waals surface area contributed by atoms with Gasteiger partial charge in [0.2, 0.25) is 0 Å². The Kier molecular flexibility index (Phi) is 19.8. The van der Waals surface area contributed by atoms with Crippen molar-refractivity contribution in [2.24, 2.45) is 0 Å². The van der Waals surface area contributed by atoms with Gasteiger partial charge in [-0.05, 0) is 101 Å². The Morgan fingerprint density at radius 2 is 1.04 bits per heavy atom. The molecular formula is C59H51ClF2N8O4. The van der Waals surface area contributed by atoms with Crippen molar-refractivity contribution in [1.82, 2.24) is 24.5 Å². The summed E-state index contributed by atoms with van der Waals surface area (Å²) >= 11 is 5.46. The lowest BCUT2D eigenvalue weighted by Crippen LogP contribution is -2.22. The lowest BCUT2D eigenvalue weighted by molar-refractivity contribution is -0.113. The average Bonchev–Trinajstić information content (AvgIpc) is 4.19. The molecule has 15 heteroatoms. The zero-order valence-corrected chi connectivity index (χ0v) is 39.7. The van der Waals surface area contributed by atoms with Gasteiger partial charge in [-0.25, -0.2) is 8.78 Å². The fraction of sp³-hybridized carbons (Fsp3) is 0.0508. The molecule has 372 valence electrons. The molecule has 2 amide bonds. The van der Waals surface area contributed by atoms with E-state index in [1.165, 1.54) is 47.6 Å². The summed E-state index contributed by atoms with van der Waals surface area (Å²) < 4.78 is 27.2. The van der Waals surface area contributed by atoms with Crippen molar-refractivity contribution in [2.75, 3.05) is 16.4 Å². The maximum atomic E-state index is 13.2. The number of aromatic amines is 2. The van der Waals surface area contributed by atoms with Crippen molar-refractivity contribution >= 4 is 84.8 Å². The fourth-order valence-corrected chi connectivity index (χ4v) is 7.29. The van der Waals surface area contributed by atoms with E-state index in [4.69, 9.17) is 17.3 Å². The molecule has 0 spiro atoms. The van der Waals surface area contributed by atoms with Crippen LogP contribution in [0.15, 0.2) is 225 Å². The Bertz CT molecular complexity index is 3500. The molecule has 0 saturated carbocycles. The van der Waals surface area contributed by atoms with E-state index in [1.807, 2.05) is 95.7 Å². The molecule has 0 atom stereocenters. The second-order valence-corrected chi connectivity index (χ2v) is 16.1. The van der Waals surface area contributed by atoms with Crippen LogP contribution in [0.2, 0.25) is 0 Å². The number of benzene rings is 6. The number of nitrogens with zero attached hydrogens (tertiary/aromatic N) is 3. The maximum absolute atomic E-state index is 13.2. The number of nitrogen functional groups attached to an aromatic ring is 1. The second-order valence-electron chi connectivity index (χ2n) is 15.8. The summed E-state index contributed by atoms with van der Waals surface area (Å²) in [5, 5.41) is 7.85. The van der Waals surface area contributed by atoms with E-state index in [-0.39, 0.29) is 19.1 Å². The van der Waals surface area contributed by atoms with Gasteiger partial charge >= 0.3 is 0 Å². The van der Waals surface area contributed by atoms with Crippen LogP contribution >= 0.6 is 11.6 Å². The molecule has 0 aliphatic rings. The second kappa shape index (κ2) is 27.2. The third-order valence-corrected chi connectivity index (χ3v) is 11.1. The molecule has 11 aromatic rings. The summed E-state index contributed by atoms with van der Waals surface area (Å²) in [5.74, 6) is -2.64. The number of H-pyrrole nitrogens is 2.